The van der Waals surface area contributed by atoms with Crippen LogP contribution in [0.4, 0.5) is 0 Å². The van der Waals surface area contributed by atoms with Crippen molar-refractivity contribution < 1.29 is 4.74 Å². The van der Waals surface area contributed by atoms with Crippen LogP contribution in [0.1, 0.15) is 61.4 Å². The molecule has 0 aliphatic carbocycles. The van der Waals surface area contributed by atoms with Crippen molar-refractivity contribution in [3.05, 3.63) is 82.1 Å². The standard InChI is InChI=1S/C27H35N3OS/c1-5-31-25(22-11-15-28-16-12-22)27(13-10-24-7-6-18-32-24)14-17-30(20-27)26(3,4)23-9-8-21(2)29-19-23/h6-9,11-12,15-16,18-19,25H,5,10,13-14,17,20H2,1-4H3/t25?,27-/m1/s1. The average molecular weight is 450 g/mol. The SMILES string of the molecule is CCOC(c1ccncc1)[C@]1(CCc2cccs2)CCN(C(C)(C)c2ccc(C)nc2)C1. The van der Waals surface area contributed by atoms with Crippen LogP contribution in [-0.2, 0) is 16.7 Å². The van der Waals surface area contributed by atoms with Crippen LogP contribution in [0.2, 0.25) is 0 Å². The van der Waals surface area contributed by atoms with Gasteiger partial charge in [0.25, 0.3) is 0 Å². The molecule has 0 saturated carbocycles. The molecule has 1 saturated heterocycles. The van der Waals surface area contributed by atoms with Gasteiger partial charge in [-0.1, -0.05) is 12.1 Å². The van der Waals surface area contributed by atoms with E-state index in [1.165, 1.54) is 16.0 Å². The lowest BCUT2D eigenvalue weighted by atomic mass is 9.74. The summed E-state index contributed by atoms with van der Waals surface area (Å²) in [7, 11) is 0. The minimum atomic E-state index is -0.0829. The molecule has 32 heavy (non-hydrogen) atoms. The van der Waals surface area contributed by atoms with E-state index in [1.807, 2.05) is 36.9 Å². The van der Waals surface area contributed by atoms with Gasteiger partial charge in [0.1, 0.15) is 0 Å². The van der Waals surface area contributed by atoms with Crippen LogP contribution in [0.5, 0.6) is 0 Å². The second-order valence-corrected chi connectivity index (χ2v) is 10.5. The Hall–Kier alpha value is -2.08. The van der Waals surface area contributed by atoms with Gasteiger partial charge in [-0.2, -0.15) is 0 Å². The Labute approximate surface area is 196 Å². The molecule has 4 rings (SSSR count). The molecule has 1 unspecified atom stereocenters. The minimum absolute atomic E-state index is 0.0523. The summed E-state index contributed by atoms with van der Waals surface area (Å²) >= 11 is 1.86. The number of rotatable bonds is 9. The lowest BCUT2D eigenvalue weighted by molar-refractivity contribution is -0.0436. The third kappa shape index (κ3) is 4.80. The van der Waals surface area contributed by atoms with Gasteiger partial charge in [0, 0.05) is 53.3 Å². The fourth-order valence-corrected chi connectivity index (χ4v) is 5.80. The van der Waals surface area contributed by atoms with Gasteiger partial charge < -0.3 is 4.74 Å². The largest absolute Gasteiger partial charge is 0.373 e. The highest BCUT2D eigenvalue weighted by Gasteiger charge is 2.48. The molecule has 4 nitrogen and oxygen atoms in total. The quantitative estimate of drug-likeness (QED) is 0.391. The summed E-state index contributed by atoms with van der Waals surface area (Å²) in [5.74, 6) is 0. The molecule has 0 spiro atoms. The molecular weight excluding hydrogens is 414 g/mol. The normalized spacial score (nSPS) is 20.5. The molecule has 0 bridgehead atoms. The van der Waals surface area contributed by atoms with Crippen LogP contribution in [0.15, 0.2) is 60.4 Å². The molecule has 5 heteroatoms. The first-order valence-corrected chi connectivity index (χ1v) is 12.5. The Bertz CT molecular complexity index is 972. The summed E-state index contributed by atoms with van der Waals surface area (Å²) in [6.45, 7) is 11.6. The van der Waals surface area contributed by atoms with Gasteiger partial charge in [-0.05, 0) is 94.3 Å². The molecule has 0 aromatic carbocycles. The summed E-state index contributed by atoms with van der Waals surface area (Å²) in [6.07, 6.45) is 9.21. The number of hydrogen-bond acceptors (Lipinski definition) is 5. The van der Waals surface area contributed by atoms with Crippen molar-refractivity contribution in [1.82, 2.24) is 14.9 Å². The van der Waals surface area contributed by atoms with E-state index in [0.29, 0.717) is 6.61 Å². The number of likely N-dealkylation sites (tertiary alicyclic amines) is 1. The van der Waals surface area contributed by atoms with Crippen LogP contribution >= 0.6 is 11.3 Å². The predicted octanol–water partition coefficient (Wildman–Crippen LogP) is 6.18. The molecule has 1 aliphatic heterocycles. The first kappa shape index (κ1) is 23.1. The second kappa shape index (κ2) is 9.82. The maximum atomic E-state index is 6.50. The molecule has 170 valence electrons. The Kier molecular flexibility index (Phi) is 7.08. The van der Waals surface area contributed by atoms with E-state index in [9.17, 15) is 0 Å². The maximum absolute atomic E-state index is 6.50. The van der Waals surface area contributed by atoms with Gasteiger partial charge in [-0.15, -0.1) is 11.3 Å². The van der Waals surface area contributed by atoms with E-state index in [0.717, 1.165) is 38.0 Å². The molecule has 0 N–H and O–H groups in total. The zero-order chi connectivity index (χ0) is 22.6. The number of ether oxygens (including phenoxy) is 1. The van der Waals surface area contributed by atoms with E-state index in [4.69, 9.17) is 4.74 Å². The maximum Gasteiger partial charge on any atom is 0.0894 e. The summed E-state index contributed by atoms with van der Waals surface area (Å²) < 4.78 is 6.50. The Morgan fingerprint density at radius 3 is 2.66 bits per heavy atom. The fourth-order valence-electron chi connectivity index (χ4n) is 5.09. The van der Waals surface area contributed by atoms with Crippen molar-refractivity contribution in [2.75, 3.05) is 19.7 Å². The molecule has 3 aromatic heterocycles. The molecule has 1 fully saturated rings. The molecule has 1 aliphatic rings. The molecule has 2 atom stereocenters. The minimum Gasteiger partial charge on any atom is -0.373 e. The molecule has 4 heterocycles. The van der Waals surface area contributed by atoms with Crippen molar-refractivity contribution in [3.63, 3.8) is 0 Å². The van der Waals surface area contributed by atoms with E-state index in [-0.39, 0.29) is 17.1 Å². The van der Waals surface area contributed by atoms with Crippen LogP contribution in [0.3, 0.4) is 0 Å². The molecule has 0 radical (unpaired) electrons. The summed E-state index contributed by atoms with van der Waals surface area (Å²) in [6, 6.07) is 13.0. The number of pyridine rings is 2. The van der Waals surface area contributed by atoms with Crippen molar-refractivity contribution in [1.29, 1.82) is 0 Å². The van der Waals surface area contributed by atoms with Crippen LogP contribution in [-0.4, -0.2) is 34.6 Å². The lowest BCUT2D eigenvalue weighted by Crippen LogP contribution is -2.43. The smallest absolute Gasteiger partial charge is 0.0894 e. The molecule has 0 amide bonds. The Morgan fingerprint density at radius 1 is 1.19 bits per heavy atom. The van der Waals surface area contributed by atoms with Gasteiger partial charge in [-0.25, -0.2) is 0 Å². The third-order valence-electron chi connectivity index (χ3n) is 7.14. The van der Waals surface area contributed by atoms with Gasteiger partial charge in [0.2, 0.25) is 0 Å². The fraction of sp³-hybridized carbons (Fsp3) is 0.481. The first-order chi connectivity index (χ1) is 15.4. The van der Waals surface area contributed by atoms with Gasteiger partial charge in [0.05, 0.1) is 6.10 Å². The van der Waals surface area contributed by atoms with Gasteiger partial charge >= 0.3 is 0 Å². The monoisotopic (exact) mass is 449 g/mol. The number of hydrogen-bond donors (Lipinski definition) is 0. The summed E-state index contributed by atoms with van der Waals surface area (Å²) in [4.78, 5) is 12.9. The van der Waals surface area contributed by atoms with Crippen molar-refractivity contribution in [2.24, 2.45) is 5.41 Å². The number of aryl methyl sites for hydroxylation is 2. The van der Waals surface area contributed by atoms with E-state index >= 15 is 0 Å². The predicted molar refractivity (Wildman–Crippen MR) is 132 cm³/mol. The summed E-state index contributed by atoms with van der Waals surface area (Å²) in [5.41, 5.74) is 3.54. The lowest BCUT2D eigenvalue weighted by Gasteiger charge is -2.41. The number of thiophene rings is 1. The molecular formula is C27H35N3OS. The highest BCUT2D eigenvalue weighted by molar-refractivity contribution is 7.09. The van der Waals surface area contributed by atoms with Crippen molar-refractivity contribution in [3.8, 4) is 0 Å². The van der Waals surface area contributed by atoms with Gasteiger partial charge in [0.15, 0.2) is 0 Å². The highest BCUT2D eigenvalue weighted by atomic mass is 32.1. The van der Waals surface area contributed by atoms with Crippen molar-refractivity contribution >= 4 is 11.3 Å². The average Bonchev–Trinajstić information content (AvgIpc) is 3.48. The third-order valence-corrected chi connectivity index (χ3v) is 8.08. The topological polar surface area (TPSA) is 38.2 Å². The Morgan fingerprint density at radius 2 is 2.00 bits per heavy atom. The number of nitrogens with zero attached hydrogens (tertiary/aromatic N) is 3. The first-order valence-electron chi connectivity index (χ1n) is 11.7. The van der Waals surface area contributed by atoms with Crippen LogP contribution < -0.4 is 0 Å². The Balaban J connectivity index is 1.65. The van der Waals surface area contributed by atoms with Crippen molar-refractivity contribution in [2.45, 2.75) is 58.6 Å². The zero-order valence-corrected chi connectivity index (χ0v) is 20.6. The van der Waals surface area contributed by atoms with Crippen LogP contribution in [0, 0.1) is 12.3 Å². The highest BCUT2D eigenvalue weighted by Crippen LogP contribution is 2.50. The van der Waals surface area contributed by atoms with Crippen LogP contribution in [0.25, 0.3) is 0 Å². The van der Waals surface area contributed by atoms with E-state index in [1.54, 1.807) is 0 Å². The number of aromatic nitrogens is 2. The molecule has 3 aromatic rings. The van der Waals surface area contributed by atoms with E-state index < -0.39 is 0 Å². The zero-order valence-electron chi connectivity index (χ0n) is 19.8. The van der Waals surface area contributed by atoms with Gasteiger partial charge in [-0.3, -0.25) is 14.9 Å². The second-order valence-electron chi connectivity index (χ2n) is 9.48. The van der Waals surface area contributed by atoms with E-state index in [2.05, 4.69) is 77.4 Å². The summed E-state index contributed by atoms with van der Waals surface area (Å²) in [5, 5.41) is 2.18.